The van der Waals surface area contributed by atoms with Crippen LogP contribution in [0.1, 0.15) is 12.8 Å². The van der Waals surface area contributed by atoms with E-state index in [2.05, 4.69) is 15.3 Å². The molecule has 0 spiro atoms. The molecule has 0 unspecified atom stereocenters. The molecule has 8 heteroatoms. The minimum Gasteiger partial charge on any atom is -0.481 e. The number of H-pyrrole nitrogens is 1. The fourth-order valence-corrected chi connectivity index (χ4v) is 2.64. The molecular weight excluding hydrogens is 358 g/mol. The Morgan fingerprint density at radius 1 is 1.15 bits per heavy atom. The molecule has 0 aliphatic carbocycles. The van der Waals surface area contributed by atoms with E-state index in [0.29, 0.717) is 27.3 Å². The average molecular weight is 372 g/mol. The molecule has 0 saturated heterocycles. The van der Waals surface area contributed by atoms with Crippen molar-refractivity contribution >= 4 is 40.2 Å². The summed E-state index contributed by atoms with van der Waals surface area (Å²) in [6, 6.07) is 11.7. The van der Waals surface area contributed by atoms with E-state index in [0.717, 1.165) is 0 Å². The minimum absolute atomic E-state index is 0.111. The van der Waals surface area contributed by atoms with Crippen LogP contribution in [0.4, 0.5) is 5.69 Å². The van der Waals surface area contributed by atoms with Gasteiger partial charge in [-0.1, -0.05) is 23.7 Å². The maximum Gasteiger partial charge on any atom is 0.303 e. The van der Waals surface area contributed by atoms with Gasteiger partial charge in [-0.15, -0.1) is 0 Å². The molecule has 0 aliphatic rings. The monoisotopic (exact) mass is 371 g/mol. The van der Waals surface area contributed by atoms with Crippen LogP contribution in [0.2, 0.25) is 5.02 Å². The van der Waals surface area contributed by atoms with Crippen LogP contribution >= 0.6 is 11.6 Å². The second-order valence-corrected chi connectivity index (χ2v) is 6.00. The van der Waals surface area contributed by atoms with Crippen molar-refractivity contribution in [3.63, 3.8) is 0 Å². The molecule has 0 fully saturated rings. The van der Waals surface area contributed by atoms with Gasteiger partial charge in [0.1, 0.15) is 5.69 Å². The Bertz CT molecular complexity index is 1060. The summed E-state index contributed by atoms with van der Waals surface area (Å²) < 4.78 is 0. The molecule has 7 nitrogen and oxygen atoms in total. The van der Waals surface area contributed by atoms with E-state index in [4.69, 9.17) is 16.7 Å². The van der Waals surface area contributed by atoms with E-state index in [-0.39, 0.29) is 18.5 Å². The third-order valence-corrected chi connectivity index (χ3v) is 3.91. The standard InChI is InChI=1S/C18H14ClN3O4/c19-10-5-6-12(20-15(23)7-8-16(24)25)11(9-10)17-18(26)22-14-4-2-1-3-13(14)21-17/h1-6,9H,7-8H2,(H,20,23)(H,22,26)(H,24,25). The zero-order valence-corrected chi connectivity index (χ0v) is 14.2. The van der Waals surface area contributed by atoms with Crippen LogP contribution in [0.3, 0.4) is 0 Å². The van der Waals surface area contributed by atoms with E-state index >= 15 is 0 Å². The smallest absolute Gasteiger partial charge is 0.303 e. The van der Waals surface area contributed by atoms with Crippen LogP contribution in [-0.4, -0.2) is 27.0 Å². The van der Waals surface area contributed by atoms with Crippen molar-refractivity contribution in [2.24, 2.45) is 0 Å². The van der Waals surface area contributed by atoms with Crippen molar-refractivity contribution in [3.8, 4) is 11.3 Å². The third kappa shape index (κ3) is 3.89. The maximum absolute atomic E-state index is 12.4. The first kappa shape index (κ1) is 17.6. The van der Waals surface area contributed by atoms with Crippen molar-refractivity contribution in [1.82, 2.24) is 9.97 Å². The molecule has 0 atom stereocenters. The number of carboxylic acids is 1. The molecule has 0 aliphatic heterocycles. The van der Waals surface area contributed by atoms with E-state index in [1.54, 1.807) is 36.4 Å². The number of halogens is 1. The molecule has 0 bridgehead atoms. The lowest BCUT2D eigenvalue weighted by Crippen LogP contribution is -2.16. The van der Waals surface area contributed by atoms with Crippen molar-refractivity contribution in [2.75, 3.05) is 5.32 Å². The number of carbonyl (C=O) groups is 2. The number of hydrogen-bond donors (Lipinski definition) is 3. The van der Waals surface area contributed by atoms with Gasteiger partial charge in [0, 0.05) is 17.0 Å². The van der Waals surface area contributed by atoms with Gasteiger partial charge in [-0.25, -0.2) is 4.98 Å². The number of rotatable bonds is 5. The predicted molar refractivity (Wildman–Crippen MR) is 98.3 cm³/mol. The molecule has 0 radical (unpaired) electrons. The van der Waals surface area contributed by atoms with Gasteiger partial charge in [0.05, 0.1) is 23.1 Å². The van der Waals surface area contributed by atoms with Crippen LogP contribution in [0.5, 0.6) is 0 Å². The number of benzene rings is 2. The number of carboxylic acid groups (broad SMARTS) is 1. The van der Waals surface area contributed by atoms with Crippen LogP contribution in [0, 0.1) is 0 Å². The highest BCUT2D eigenvalue weighted by Crippen LogP contribution is 2.28. The molecule has 3 aromatic rings. The summed E-state index contributed by atoms with van der Waals surface area (Å²) in [7, 11) is 0. The topological polar surface area (TPSA) is 112 Å². The van der Waals surface area contributed by atoms with Gasteiger partial charge in [-0.05, 0) is 30.3 Å². The SMILES string of the molecule is O=C(O)CCC(=O)Nc1ccc(Cl)cc1-c1nc2ccccc2[nH]c1=O. The largest absolute Gasteiger partial charge is 0.481 e. The number of aromatic amines is 1. The zero-order chi connectivity index (χ0) is 18.7. The lowest BCUT2D eigenvalue weighted by molar-refractivity contribution is -0.138. The fourth-order valence-electron chi connectivity index (χ4n) is 2.47. The number of fused-ring (bicyclic) bond motifs is 1. The van der Waals surface area contributed by atoms with Crippen LogP contribution < -0.4 is 10.9 Å². The van der Waals surface area contributed by atoms with Crippen LogP contribution in [0.25, 0.3) is 22.3 Å². The number of carbonyl (C=O) groups excluding carboxylic acids is 1. The third-order valence-electron chi connectivity index (χ3n) is 3.68. The molecule has 0 saturated carbocycles. The lowest BCUT2D eigenvalue weighted by atomic mass is 10.1. The average Bonchev–Trinajstić information content (AvgIpc) is 2.61. The van der Waals surface area contributed by atoms with Crippen LogP contribution in [-0.2, 0) is 9.59 Å². The summed E-state index contributed by atoms with van der Waals surface area (Å²) in [5, 5.41) is 11.7. The Balaban J connectivity index is 2.03. The van der Waals surface area contributed by atoms with Crippen molar-refractivity contribution in [1.29, 1.82) is 0 Å². The number of nitrogens with zero attached hydrogens (tertiary/aromatic N) is 1. The van der Waals surface area contributed by atoms with Crippen molar-refractivity contribution in [2.45, 2.75) is 12.8 Å². The Labute approximate surface area is 152 Å². The van der Waals surface area contributed by atoms with E-state index in [9.17, 15) is 14.4 Å². The first-order valence-corrected chi connectivity index (χ1v) is 8.12. The number of aliphatic carboxylic acids is 1. The van der Waals surface area contributed by atoms with Crippen molar-refractivity contribution in [3.05, 3.63) is 57.8 Å². The minimum atomic E-state index is -1.07. The van der Waals surface area contributed by atoms with Gasteiger partial charge in [0.2, 0.25) is 5.91 Å². The Morgan fingerprint density at radius 3 is 2.69 bits per heavy atom. The van der Waals surface area contributed by atoms with Gasteiger partial charge < -0.3 is 15.4 Å². The quantitative estimate of drug-likeness (QED) is 0.638. The maximum atomic E-state index is 12.4. The summed E-state index contributed by atoms with van der Waals surface area (Å²) in [6.07, 6.45) is -0.470. The predicted octanol–water partition coefficient (Wildman–Crippen LogP) is 3.05. The van der Waals surface area contributed by atoms with E-state index in [1.807, 2.05) is 0 Å². The Morgan fingerprint density at radius 2 is 1.92 bits per heavy atom. The number of nitrogens with one attached hydrogen (secondary N) is 2. The second-order valence-electron chi connectivity index (χ2n) is 5.56. The molecule has 26 heavy (non-hydrogen) atoms. The van der Waals surface area contributed by atoms with Crippen molar-refractivity contribution < 1.29 is 14.7 Å². The summed E-state index contributed by atoms with van der Waals surface area (Å²) in [6.45, 7) is 0. The number of hydrogen-bond acceptors (Lipinski definition) is 4. The first-order chi connectivity index (χ1) is 12.4. The van der Waals surface area contributed by atoms with Crippen LogP contribution in [0.15, 0.2) is 47.3 Å². The van der Waals surface area contributed by atoms with E-state index < -0.39 is 17.4 Å². The number of aromatic nitrogens is 2. The summed E-state index contributed by atoms with van der Waals surface area (Å²) in [5.41, 5.74) is 1.55. The summed E-state index contributed by atoms with van der Waals surface area (Å²) in [5.74, 6) is -1.54. The second kappa shape index (κ2) is 7.37. The Hall–Kier alpha value is -3.19. The van der Waals surface area contributed by atoms with Gasteiger partial charge in [-0.2, -0.15) is 0 Å². The molecule has 1 heterocycles. The molecular formula is C18H14ClN3O4. The highest BCUT2D eigenvalue weighted by atomic mass is 35.5. The number of para-hydroxylation sites is 2. The highest BCUT2D eigenvalue weighted by Gasteiger charge is 2.15. The molecule has 3 rings (SSSR count). The van der Waals surface area contributed by atoms with E-state index in [1.165, 1.54) is 6.07 Å². The zero-order valence-electron chi connectivity index (χ0n) is 13.5. The number of anilines is 1. The normalized spacial score (nSPS) is 10.7. The molecule has 1 aromatic heterocycles. The number of amides is 1. The summed E-state index contributed by atoms with van der Waals surface area (Å²) in [4.78, 5) is 42.1. The van der Waals surface area contributed by atoms with Gasteiger partial charge >= 0.3 is 5.97 Å². The van der Waals surface area contributed by atoms with Gasteiger partial charge in [0.15, 0.2) is 0 Å². The van der Waals surface area contributed by atoms with Gasteiger partial charge in [-0.3, -0.25) is 14.4 Å². The van der Waals surface area contributed by atoms with Gasteiger partial charge in [0.25, 0.3) is 5.56 Å². The molecule has 1 amide bonds. The highest BCUT2D eigenvalue weighted by molar-refractivity contribution is 6.31. The first-order valence-electron chi connectivity index (χ1n) is 7.74. The molecule has 3 N–H and O–H groups in total. The lowest BCUT2D eigenvalue weighted by Gasteiger charge is -2.11. The summed E-state index contributed by atoms with van der Waals surface area (Å²) >= 11 is 6.05. The fraction of sp³-hybridized carbons (Fsp3) is 0.111. The molecule has 132 valence electrons. The molecule has 2 aromatic carbocycles. The Kier molecular flexibility index (Phi) is 4.99.